The van der Waals surface area contributed by atoms with Crippen LogP contribution in [0.15, 0.2) is 12.1 Å². The van der Waals surface area contributed by atoms with Crippen molar-refractivity contribution in [1.82, 2.24) is 0 Å². The zero-order valence-corrected chi connectivity index (χ0v) is 8.18. The van der Waals surface area contributed by atoms with E-state index < -0.39 is 0 Å². The van der Waals surface area contributed by atoms with Crippen molar-refractivity contribution in [3.8, 4) is 0 Å². The highest BCUT2D eigenvalue weighted by Gasteiger charge is 2.11. The first-order valence-corrected chi connectivity index (χ1v) is 4.21. The summed E-state index contributed by atoms with van der Waals surface area (Å²) in [5, 5.41) is 0.364. The smallest absolute Gasteiger partial charge is 0.160 e. The minimum atomic E-state index is -0.149. The molecule has 0 saturated heterocycles. The number of aryl methyl sites for hydroxylation is 1. The maximum atomic E-state index is 11.1. The van der Waals surface area contributed by atoms with Crippen LogP contribution in [-0.2, 0) is 0 Å². The summed E-state index contributed by atoms with van der Waals surface area (Å²) >= 11 is 5.86. The Morgan fingerprint density at radius 3 is 2.54 bits per heavy atom. The van der Waals surface area contributed by atoms with Gasteiger partial charge in [0.1, 0.15) is 0 Å². The van der Waals surface area contributed by atoms with Crippen LogP contribution in [0, 0.1) is 6.92 Å². The lowest BCUT2D eigenvalue weighted by molar-refractivity contribution is 0.101. The molecule has 0 fully saturated rings. The molecule has 0 saturated carbocycles. The van der Waals surface area contributed by atoms with Gasteiger partial charge in [-0.25, -0.2) is 0 Å². The summed E-state index contributed by atoms with van der Waals surface area (Å²) in [6.45, 7) is 3.20. The van der Waals surface area contributed by atoms with Gasteiger partial charge in [-0.2, -0.15) is 0 Å². The van der Waals surface area contributed by atoms with E-state index in [9.17, 15) is 9.59 Å². The molecule has 0 radical (unpaired) electrons. The number of hydrogen-bond acceptors (Lipinski definition) is 2. The second-order valence-electron chi connectivity index (χ2n) is 2.83. The van der Waals surface area contributed by atoms with Gasteiger partial charge >= 0.3 is 0 Å². The Hall–Kier alpha value is -1.15. The summed E-state index contributed by atoms with van der Waals surface area (Å²) in [6, 6.07) is 3.35. The Morgan fingerprint density at radius 1 is 1.46 bits per heavy atom. The Labute approximate surface area is 81.5 Å². The average Bonchev–Trinajstić information content (AvgIpc) is 2.09. The van der Waals surface area contributed by atoms with Crippen LogP contribution in [0.25, 0.3) is 0 Å². The molecule has 0 aliphatic carbocycles. The first kappa shape index (κ1) is 9.93. The Bertz CT molecular complexity index is 369. The van der Waals surface area contributed by atoms with Crippen molar-refractivity contribution in [2.24, 2.45) is 0 Å². The zero-order chi connectivity index (χ0) is 10.0. The fraction of sp³-hybridized carbons (Fsp3) is 0.200. The van der Waals surface area contributed by atoms with Gasteiger partial charge in [-0.3, -0.25) is 9.59 Å². The lowest BCUT2D eigenvalue weighted by atomic mass is 10.0. The third kappa shape index (κ3) is 1.78. The van der Waals surface area contributed by atoms with E-state index in [1.807, 2.05) is 0 Å². The molecule has 0 spiro atoms. The predicted octanol–water partition coefficient (Wildman–Crippen LogP) is 2.66. The lowest BCUT2D eigenvalue weighted by Crippen LogP contribution is -2.00. The summed E-state index contributed by atoms with van der Waals surface area (Å²) in [5.41, 5.74) is 1.47. The molecule has 0 atom stereocenters. The molecular formula is C10H9ClO2. The summed E-state index contributed by atoms with van der Waals surface area (Å²) in [7, 11) is 0. The molecule has 0 amide bonds. The number of ketones is 1. The van der Waals surface area contributed by atoms with Gasteiger partial charge in [0.2, 0.25) is 0 Å². The quantitative estimate of drug-likeness (QED) is 0.538. The van der Waals surface area contributed by atoms with Crippen molar-refractivity contribution in [2.45, 2.75) is 13.8 Å². The topological polar surface area (TPSA) is 34.1 Å². The first-order chi connectivity index (χ1) is 6.07. The fourth-order valence-corrected chi connectivity index (χ4v) is 1.33. The molecule has 0 aliphatic rings. The molecule has 1 aromatic carbocycles. The second kappa shape index (κ2) is 3.71. The van der Waals surface area contributed by atoms with Gasteiger partial charge in [0.05, 0.1) is 5.02 Å². The van der Waals surface area contributed by atoms with Crippen molar-refractivity contribution < 1.29 is 9.59 Å². The molecule has 13 heavy (non-hydrogen) atoms. The third-order valence-electron chi connectivity index (χ3n) is 1.87. The number of benzene rings is 1. The van der Waals surface area contributed by atoms with Crippen LogP contribution in [0.1, 0.15) is 33.2 Å². The molecule has 1 rings (SSSR count). The fourth-order valence-electron chi connectivity index (χ4n) is 1.12. The molecule has 0 heterocycles. The molecule has 0 N–H and O–H groups in total. The van der Waals surface area contributed by atoms with E-state index in [0.29, 0.717) is 16.9 Å². The number of carbonyl (C=O) groups excluding carboxylic acids is 2. The van der Waals surface area contributed by atoms with E-state index >= 15 is 0 Å². The maximum Gasteiger partial charge on any atom is 0.160 e. The highest BCUT2D eigenvalue weighted by Crippen LogP contribution is 2.22. The molecule has 0 aromatic heterocycles. The molecule has 68 valence electrons. The number of rotatable bonds is 2. The van der Waals surface area contributed by atoms with Gasteiger partial charge in [-0.15, -0.1) is 0 Å². The molecular weight excluding hydrogens is 188 g/mol. The van der Waals surface area contributed by atoms with Gasteiger partial charge in [-0.1, -0.05) is 23.7 Å². The van der Waals surface area contributed by atoms with Crippen molar-refractivity contribution in [2.75, 3.05) is 0 Å². The number of aldehydes is 1. The number of carbonyl (C=O) groups is 2. The van der Waals surface area contributed by atoms with Crippen LogP contribution in [0.3, 0.4) is 0 Å². The van der Waals surface area contributed by atoms with Gasteiger partial charge in [-0.05, 0) is 19.4 Å². The minimum absolute atomic E-state index is 0.149. The molecule has 3 heteroatoms. The largest absolute Gasteiger partial charge is 0.298 e. The number of Topliss-reactive ketones (excluding diaryl/α,β-unsaturated/α-hetero) is 1. The predicted molar refractivity (Wildman–Crippen MR) is 51.6 cm³/mol. The zero-order valence-electron chi connectivity index (χ0n) is 7.43. The van der Waals surface area contributed by atoms with Crippen LogP contribution in [0.4, 0.5) is 0 Å². The summed E-state index contributed by atoms with van der Waals surface area (Å²) in [4.78, 5) is 21.7. The molecule has 1 aromatic rings. The van der Waals surface area contributed by atoms with E-state index in [2.05, 4.69) is 0 Å². The molecule has 0 bridgehead atoms. The van der Waals surface area contributed by atoms with E-state index in [4.69, 9.17) is 11.6 Å². The van der Waals surface area contributed by atoms with Crippen molar-refractivity contribution in [1.29, 1.82) is 0 Å². The normalized spacial score (nSPS) is 9.77. The Kier molecular flexibility index (Phi) is 2.83. The van der Waals surface area contributed by atoms with Crippen LogP contribution in [0.5, 0.6) is 0 Å². The van der Waals surface area contributed by atoms with E-state index in [1.165, 1.54) is 6.92 Å². The SMILES string of the molecule is CC(=O)c1ccc(C)c(Cl)c1C=O. The van der Waals surface area contributed by atoms with Crippen LogP contribution in [0.2, 0.25) is 5.02 Å². The van der Waals surface area contributed by atoms with Gasteiger partial charge < -0.3 is 0 Å². The third-order valence-corrected chi connectivity index (χ3v) is 2.37. The Balaban J connectivity index is 3.47. The maximum absolute atomic E-state index is 11.1. The average molecular weight is 197 g/mol. The molecule has 0 aliphatic heterocycles. The Morgan fingerprint density at radius 2 is 2.08 bits per heavy atom. The lowest BCUT2D eigenvalue weighted by Gasteiger charge is -2.04. The number of halogens is 1. The van der Waals surface area contributed by atoms with Crippen molar-refractivity contribution >= 4 is 23.7 Å². The van der Waals surface area contributed by atoms with Crippen molar-refractivity contribution in [3.63, 3.8) is 0 Å². The molecule has 0 unspecified atom stereocenters. The van der Waals surface area contributed by atoms with Crippen molar-refractivity contribution in [3.05, 3.63) is 33.8 Å². The van der Waals surface area contributed by atoms with E-state index in [1.54, 1.807) is 19.1 Å². The van der Waals surface area contributed by atoms with Crippen LogP contribution in [-0.4, -0.2) is 12.1 Å². The summed E-state index contributed by atoms with van der Waals surface area (Å²) < 4.78 is 0. The van der Waals surface area contributed by atoms with E-state index in [-0.39, 0.29) is 11.3 Å². The standard InChI is InChI=1S/C10H9ClO2/c1-6-3-4-8(7(2)13)9(5-12)10(6)11/h3-5H,1-2H3. The monoisotopic (exact) mass is 196 g/mol. The minimum Gasteiger partial charge on any atom is -0.298 e. The highest BCUT2D eigenvalue weighted by atomic mass is 35.5. The summed E-state index contributed by atoms with van der Waals surface area (Å²) in [5.74, 6) is -0.149. The van der Waals surface area contributed by atoms with Crippen LogP contribution >= 0.6 is 11.6 Å². The number of hydrogen-bond donors (Lipinski definition) is 0. The van der Waals surface area contributed by atoms with Crippen LogP contribution < -0.4 is 0 Å². The second-order valence-corrected chi connectivity index (χ2v) is 3.21. The van der Waals surface area contributed by atoms with E-state index in [0.717, 1.165) is 5.56 Å². The van der Waals surface area contributed by atoms with Gasteiger partial charge in [0.15, 0.2) is 12.1 Å². The highest BCUT2D eigenvalue weighted by molar-refractivity contribution is 6.34. The molecule has 2 nitrogen and oxygen atoms in total. The van der Waals surface area contributed by atoms with Gasteiger partial charge in [0, 0.05) is 11.1 Å². The van der Waals surface area contributed by atoms with Gasteiger partial charge in [0.25, 0.3) is 0 Å². The first-order valence-electron chi connectivity index (χ1n) is 3.83. The summed E-state index contributed by atoms with van der Waals surface area (Å²) in [6.07, 6.45) is 0.617.